The van der Waals surface area contributed by atoms with Gasteiger partial charge in [0.05, 0.1) is 11.3 Å². The number of aryl methyl sites for hydroxylation is 1. The lowest BCUT2D eigenvalue weighted by Crippen LogP contribution is -2.37. The number of Topliss-reactive ketones (excluding diaryl/α,β-unsaturated/α-hetero) is 1. The fourth-order valence-corrected chi connectivity index (χ4v) is 2.28. The fraction of sp³-hybridized carbons (Fsp3) is 0.545. The van der Waals surface area contributed by atoms with Gasteiger partial charge in [0.2, 0.25) is 0 Å². The van der Waals surface area contributed by atoms with Gasteiger partial charge in [0.25, 0.3) is 0 Å². The standard InChI is InChI=1S/C11H18N4O2S/c1-7-9(8(2)16)10(18-14-7)12-5-6-13-11(17)15(3)4/h12H,5-6H2,1-4H3,(H,13,17). The van der Waals surface area contributed by atoms with Crippen molar-refractivity contribution < 1.29 is 9.59 Å². The van der Waals surface area contributed by atoms with Gasteiger partial charge >= 0.3 is 6.03 Å². The molecular weight excluding hydrogens is 252 g/mol. The highest BCUT2D eigenvalue weighted by Crippen LogP contribution is 2.24. The minimum atomic E-state index is -0.135. The Labute approximate surface area is 111 Å². The van der Waals surface area contributed by atoms with E-state index in [2.05, 4.69) is 15.0 Å². The highest BCUT2D eigenvalue weighted by Gasteiger charge is 2.14. The molecule has 0 unspecified atom stereocenters. The second-order valence-corrected chi connectivity index (χ2v) is 4.85. The molecule has 0 aliphatic heterocycles. The number of ketones is 1. The predicted molar refractivity (Wildman–Crippen MR) is 72.4 cm³/mol. The molecule has 0 radical (unpaired) electrons. The van der Waals surface area contributed by atoms with Crippen LogP contribution in [0.25, 0.3) is 0 Å². The van der Waals surface area contributed by atoms with E-state index in [1.807, 2.05) is 6.92 Å². The maximum absolute atomic E-state index is 11.4. The number of hydrogen-bond donors (Lipinski definition) is 2. The summed E-state index contributed by atoms with van der Waals surface area (Å²) < 4.78 is 4.14. The van der Waals surface area contributed by atoms with Crippen molar-refractivity contribution in [2.45, 2.75) is 13.8 Å². The molecule has 0 fully saturated rings. The van der Waals surface area contributed by atoms with E-state index in [0.29, 0.717) is 18.7 Å². The van der Waals surface area contributed by atoms with Crippen LogP contribution in [0.3, 0.4) is 0 Å². The number of anilines is 1. The highest BCUT2D eigenvalue weighted by molar-refractivity contribution is 7.10. The van der Waals surface area contributed by atoms with Crippen molar-refractivity contribution in [1.82, 2.24) is 14.6 Å². The quantitative estimate of drug-likeness (QED) is 0.625. The lowest BCUT2D eigenvalue weighted by molar-refractivity contribution is 0.101. The van der Waals surface area contributed by atoms with Crippen molar-refractivity contribution in [3.05, 3.63) is 11.3 Å². The molecule has 7 heteroatoms. The number of urea groups is 1. The number of nitrogens with one attached hydrogen (secondary N) is 2. The molecule has 0 aliphatic carbocycles. The van der Waals surface area contributed by atoms with Crippen molar-refractivity contribution in [2.24, 2.45) is 0 Å². The van der Waals surface area contributed by atoms with Gasteiger partial charge in [0.1, 0.15) is 5.00 Å². The van der Waals surface area contributed by atoms with E-state index < -0.39 is 0 Å². The molecule has 0 bridgehead atoms. The zero-order valence-corrected chi connectivity index (χ0v) is 11.8. The van der Waals surface area contributed by atoms with Crippen LogP contribution in [0, 0.1) is 6.92 Å². The van der Waals surface area contributed by atoms with Gasteiger partial charge in [-0.05, 0) is 25.4 Å². The predicted octanol–water partition coefficient (Wildman–Crippen LogP) is 1.34. The molecular formula is C11H18N4O2S. The van der Waals surface area contributed by atoms with Gasteiger partial charge in [-0.25, -0.2) is 4.79 Å². The zero-order valence-electron chi connectivity index (χ0n) is 11.0. The third-order valence-corrected chi connectivity index (χ3v) is 3.20. The molecule has 100 valence electrons. The maximum Gasteiger partial charge on any atom is 0.316 e. The van der Waals surface area contributed by atoms with Gasteiger partial charge in [-0.15, -0.1) is 0 Å². The van der Waals surface area contributed by atoms with Crippen molar-refractivity contribution >= 4 is 28.3 Å². The average Bonchev–Trinajstić information content (AvgIpc) is 2.65. The van der Waals surface area contributed by atoms with E-state index in [1.165, 1.54) is 23.4 Å². The first kappa shape index (κ1) is 14.4. The Morgan fingerprint density at radius 2 is 2.00 bits per heavy atom. The van der Waals surface area contributed by atoms with E-state index in [4.69, 9.17) is 0 Å². The molecule has 1 aromatic heterocycles. The lowest BCUT2D eigenvalue weighted by Gasteiger charge is -2.12. The van der Waals surface area contributed by atoms with Gasteiger partial charge in [-0.3, -0.25) is 4.79 Å². The molecule has 2 amide bonds. The Kier molecular flexibility index (Phi) is 5.08. The van der Waals surface area contributed by atoms with Crippen LogP contribution in [-0.2, 0) is 0 Å². The Morgan fingerprint density at radius 3 is 2.56 bits per heavy atom. The lowest BCUT2D eigenvalue weighted by atomic mass is 10.2. The minimum absolute atomic E-state index is 0.000997. The van der Waals surface area contributed by atoms with Crippen LogP contribution in [0.2, 0.25) is 0 Å². The molecule has 2 N–H and O–H groups in total. The molecule has 0 aliphatic rings. The van der Waals surface area contributed by atoms with E-state index in [0.717, 1.165) is 10.7 Å². The largest absolute Gasteiger partial charge is 0.373 e. The van der Waals surface area contributed by atoms with Gasteiger partial charge in [0, 0.05) is 27.2 Å². The summed E-state index contributed by atoms with van der Waals surface area (Å²) in [7, 11) is 3.37. The van der Waals surface area contributed by atoms with E-state index in [9.17, 15) is 9.59 Å². The minimum Gasteiger partial charge on any atom is -0.373 e. The number of rotatable bonds is 5. The van der Waals surface area contributed by atoms with E-state index in [1.54, 1.807) is 14.1 Å². The monoisotopic (exact) mass is 270 g/mol. The van der Waals surface area contributed by atoms with E-state index >= 15 is 0 Å². The van der Waals surface area contributed by atoms with Crippen LogP contribution in [0.15, 0.2) is 0 Å². The topological polar surface area (TPSA) is 74.3 Å². The van der Waals surface area contributed by atoms with Crippen LogP contribution >= 0.6 is 11.5 Å². The third kappa shape index (κ3) is 3.69. The second kappa shape index (κ2) is 6.34. The molecule has 0 atom stereocenters. The Balaban J connectivity index is 2.45. The molecule has 0 saturated heterocycles. The van der Waals surface area contributed by atoms with Crippen LogP contribution in [-0.4, -0.2) is 48.3 Å². The summed E-state index contributed by atoms with van der Waals surface area (Å²) in [6.45, 7) is 4.38. The summed E-state index contributed by atoms with van der Waals surface area (Å²) in [5.41, 5.74) is 1.38. The summed E-state index contributed by atoms with van der Waals surface area (Å²) in [6.07, 6.45) is 0. The number of amides is 2. The van der Waals surface area contributed by atoms with Crippen LogP contribution in [0.4, 0.5) is 9.80 Å². The van der Waals surface area contributed by atoms with Gasteiger partial charge in [0.15, 0.2) is 5.78 Å². The molecule has 1 rings (SSSR count). The summed E-state index contributed by atoms with van der Waals surface area (Å²) >= 11 is 1.26. The molecule has 1 aromatic rings. The first-order valence-electron chi connectivity index (χ1n) is 5.59. The van der Waals surface area contributed by atoms with Crippen LogP contribution in [0.5, 0.6) is 0 Å². The SMILES string of the molecule is CC(=O)c1c(C)nsc1NCCNC(=O)N(C)C. The number of aromatic nitrogens is 1. The molecule has 1 heterocycles. The highest BCUT2D eigenvalue weighted by atomic mass is 32.1. The molecule has 18 heavy (non-hydrogen) atoms. The van der Waals surface area contributed by atoms with Crippen molar-refractivity contribution in [3.63, 3.8) is 0 Å². The Morgan fingerprint density at radius 1 is 1.33 bits per heavy atom. The van der Waals surface area contributed by atoms with Crippen molar-refractivity contribution in [2.75, 3.05) is 32.5 Å². The van der Waals surface area contributed by atoms with Crippen LogP contribution < -0.4 is 10.6 Å². The number of carbonyl (C=O) groups excluding carboxylic acids is 2. The first-order chi connectivity index (χ1) is 8.43. The van der Waals surface area contributed by atoms with E-state index in [-0.39, 0.29) is 11.8 Å². The summed E-state index contributed by atoms with van der Waals surface area (Å²) in [5, 5.41) is 6.61. The molecule has 0 saturated carbocycles. The number of nitrogens with zero attached hydrogens (tertiary/aromatic N) is 2. The number of carbonyl (C=O) groups is 2. The summed E-state index contributed by atoms with van der Waals surface area (Å²) in [6, 6.07) is -0.135. The van der Waals surface area contributed by atoms with Crippen molar-refractivity contribution in [3.8, 4) is 0 Å². The van der Waals surface area contributed by atoms with Crippen molar-refractivity contribution in [1.29, 1.82) is 0 Å². The van der Waals surface area contributed by atoms with Gasteiger partial charge < -0.3 is 15.5 Å². The Bertz CT molecular complexity index is 442. The Hall–Kier alpha value is -1.63. The fourth-order valence-electron chi connectivity index (χ4n) is 1.41. The molecule has 0 spiro atoms. The average molecular weight is 270 g/mol. The normalized spacial score (nSPS) is 10.0. The second-order valence-electron chi connectivity index (χ2n) is 4.08. The van der Waals surface area contributed by atoms with Crippen LogP contribution in [0.1, 0.15) is 23.0 Å². The molecule has 6 nitrogen and oxygen atoms in total. The first-order valence-corrected chi connectivity index (χ1v) is 6.37. The summed E-state index contributed by atoms with van der Waals surface area (Å²) in [4.78, 5) is 24.2. The van der Waals surface area contributed by atoms with Gasteiger partial charge in [-0.1, -0.05) is 0 Å². The van der Waals surface area contributed by atoms with Gasteiger partial charge in [-0.2, -0.15) is 4.37 Å². The maximum atomic E-state index is 11.4. The smallest absolute Gasteiger partial charge is 0.316 e. The zero-order chi connectivity index (χ0) is 13.7. The third-order valence-electron chi connectivity index (χ3n) is 2.31. The molecule has 0 aromatic carbocycles. The summed E-state index contributed by atoms with van der Waals surface area (Å²) in [5.74, 6) is 0.000997. The number of hydrogen-bond acceptors (Lipinski definition) is 5.